The lowest BCUT2D eigenvalue weighted by atomic mass is 10.1. The number of nitrogens with one attached hydrogen (secondary N) is 1. The number of rotatable bonds is 16. The van der Waals surface area contributed by atoms with Gasteiger partial charge in [0.25, 0.3) is 5.56 Å². The molecule has 1 aliphatic heterocycles. The smallest absolute Gasteiger partial charge is 0.341 e. The second-order valence-electron chi connectivity index (χ2n) is 15.9. The van der Waals surface area contributed by atoms with Gasteiger partial charge in [0.1, 0.15) is 17.2 Å². The Bertz CT molecular complexity index is 2700. The molecule has 16 heteroatoms. The van der Waals surface area contributed by atoms with Crippen LogP contribution in [0.5, 0.6) is 0 Å². The fourth-order valence-electron chi connectivity index (χ4n) is 8.16. The number of carbonyl (C=O) groups is 1. The normalized spacial score (nSPS) is 14.1. The average molecular weight is 850 g/mol. The molecule has 0 bridgehead atoms. The number of aliphatic hydroxyl groups excluding tert-OH is 1. The van der Waals surface area contributed by atoms with Crippen LogP contribution in [0.4, 0.5) is 15.8 Å². The van der Waals surface area contributed by atoms with Gasteiger partial charge in [0.2, 0.25) is 5.43 Å². The summed E-state index contributed by atoms with van der Waals surface area (Å²) in [5.41, 5.74) is 9.09. The Morgan fingerprint density at radius 3 is 2.29 bits per heavy atom. The minimum absolute atomic E-state index is 0.0728. The Kier molecular flexibility index (Phi) is 14.0. The van der Waals surface area contributed by atoms with Crippen LogP contribution in [-0.2, 0) is 32.5 Å². The van der Waals surface area contributed by atoms with Crippen LogP contribution in [0, 0.1) is 5.82 Å². The zero-order chi connectivity index (χ0) is 43.9. The van der Waals surface area contributed by atoms with Crippen molar-refractivity contribution in [2.45, 2.75) is 71.6 Å². The Morgan fingerprint density at radius 1 is 0.919 bits per heavy atom. The van der Waals surface area contributed by atoms with Crippen LogP contribution in [0.25, 0.3) is 22.1 Å². The van der Waals surface area contributed by atoms with E-state index in [4.69, 9.17) is 10.7 Å². The number of nitrogens with two attached hydrogens (primary N) is 1. The van der Waals surface area contributed by atoms with Gasteiger partial charge in [-0.2, -0.15) is 0 Å². The number of likely N-dealkylation sites (N-methyl/N-ethyl adjacent to an activating group) is 1. The van der Waals surface area contributed by atoms with Crippen LogP contribution in [0.2, 0.25) is 0 Å². The standard InChI is InChI=1S/C29H38N6O3.C17H18FN3O3/c1-3-15-35-28(37)26-27(34(29(35)38)16-14-22-10-12-24(30)13-11-22)31-25(21-23-8-6-5-7-9-23)33(26)18-17-32(4-2)19-20-36;18-13-7-11-14(8-15(13)20-5-3-19-4-6-20)21(10-1-2-10)9-12(16(11)22)17(23)24/h5-13,36H,3-4,14-21,30H2,1-2H3;7-10,19H,1-6H2,(H,23,24). The quantitative estimate of drug-likeness (QED) is 0.103. The molecule has 2 aliphatic rings. The highest BCUT2D eigenvalue weighted by atomic mass is 19.1. The summed E-state index contributed by atoms with van der Waals surface area (Å²) in [6, 6.07) is 20.7. The van der Waals surface area contributed by atoms with Gasteiger partial charge in [0.15, 0.2) is 11.2 Å². The number of aromatic nitrogens is 5. The number of carboxylic acids is 1. The van der Waals surface area contributed by atoms with Gasteiger partial charge in [0.05, 0.1) is 17.8 Å². The summed E-state index contributed by atoms with van der Waals surface area (Å²) in [5.74, 6) is -1.01. The van der Waals surface area contributed by atoms with Crippen molar-refractivity contribution in [3.8, 4) is 0 Å². The number of piperazine rings is 1. The number of halogens is 1. The molecule has 15 nitrogen and oxygen atoms in total. The molecule has 1 saturated heterocycles. The van der Waals surface area contributed by atoms with E-state index in [0.717, 1.165) is 49.4 Å². The van der Waals surface area contributed by atoms with E-state index >= 15 is 0 Å². The molecule has 1 aliphatic carbocycles. The number of aliphatic hydroxyl groups is 1. The summed E-state index contributed by atoms with van der Waals surface area (Å²) in [6.07, 6.45) is 5.12. The third-order valence-electron chi connectivity index (χ3n) is 11.7. The maximum absolute atomic E-state index is 14.6. The summed E-state index contributed by atoms with van der Waals surface area (Å²) >= 11 is 0. The number of nitrogens with zero attached hydrogens (tertiary/aromatic N) is 7. The van der Waals surface area contributed by atoms with Crippen LogP contribution >= 0.6 is 0 Å². The lowest BCUT2D eigenvalue weighted by molar-refractivity contribution is 0.0694. The third kappa shape index (κ3) is 9.67. The van der Waals surface area contributed by atoms with E-state index in [9.17, 15) is 33.8 Å². The Balaban J connectivity index is 0.000000206. The van der Waals surface area contributed by atoms with Crippen molar-refractivity contribution in [2.24, 2.45) is 0 Å². The molecule has 0 atom stereocenters. The summed E-state index contributed by atoms with van der Waals surface area (Å²) in [4.78, 5) is 60.1. The lowest BCUT2D eigenvalue weighted by Crippen LogP contribution is -2.43. The Morgan fingerprint density at radius 2 is 1.65 bits per heavy atom. The number of pyridine rings is 1. The zero-order valence-corrected chi connectivity index (χ0v) is 35.4. The summed E-state index contributed by atoms with van der Waals surface area (Å²) in [6.45, 7) is 10.3. The molecule has 0 unspecified atom stereocenters. The average Bonchev–Trinajstić information content (AvgIpc) is 4.06. The maximum atomic E-state index is 14.6. The second-order valence-corrected chi connectivity index (χ2v) is 15.9. The third-order valence-corrected chi connectivity index (χ3v) is 11.7. The zero-order valence-electron chi connectivity index (χ0n) is 35.4. The van der Waals surface area contributed by atoms with Crippen LogP contribution in [0.3, 0.4) is 0 Å². The molecule has 3 aromatic heterocycles. The van der Waals surface area contributed by atoms with Gasteiger partial charge in [-0.15, -0.1) is 0 Å². The second kappa shape index (κ2) is 19.7. The van der Waals surface area contributed by atoms with Crippen molar-refractivity contribution in [2.75, 3.05) is 63.1 Å². The van der Waals surface area contributed by atoms with Crippen molar-refractivity contribution in [3.05, 3.63) is 132 Å². The number of imidazole rings is 1. The number of nitrogen functional groups attached to an aromatic ring is 1. The molecule has 1 saturated carbocycles. The lowest BCUT2D eigenvalue weighted by Gasteiger charge is -2.30. The highest BCUT2D eigenvalue weighted by Crippen LogP contribution is 2.38. The summed E-state index contributed by atoms with van der Waals surface area (Å²) in [7, 11) is 0. The molecule has 2 fully saturated rings. The van der Waals surface area contributed by atoms with E-state index in [0.29, 0.717) is 93.1 Å². The molecule has 62 heavy (non-hydrogen) atoms. The monoisotopic (exact) mass is 849 g/mol. The van der Waals surface area contributed by atoms with E-state index in [1.807, 2.05) is 75.6 Å². The molecule has 5 N–H and O–H groups in total. The molecular weight excluding hydrogens is 794 g/mol. The SMILES string of the molecule is CCCn1c(=O)c2c(nc(Cc3ccccc3)n2CCN(CC)CCO)n(CCc2ccc(N)cc2)c1=O.O=C(O)c1cn(C2CC2)c2cc(N3CCNCC3)c(F)cc2c1=O. The van der Waals surface area contributed by atoms with Crippen LogP contribution < -0.4 is 32.6 Å². The van der Waals surface area contributed by atoms with Gasteiger partial charge in [0, 0.05) is 88.6 Å². The first kappa shape index (κ1) is 44.0. The number of aromatic carboxylic acids is 1. The van der Waals surface area contributed by atoms with Gasteiger partial charge in [-0.25, -0.2) is 19.0 Å². The van der Waals surface area contributed by atoms with Crippen molar-refractivity contribution >= 4 is 39.4 Å². The number of hydrogen-bond donors (Lipinski definition) is 4. The van der Waals surface area contributed by atoms with Crippen LogP contribution in [0.1, 0.15) is 66.5 Å². The van der Waals surface area contributed by atoms with Crippen LogP contribution in [0.15, 0.2) is 87.3 Å². The van der Waals surface area contributed by atoms with E-state index in [1.54, 1.807) is 10.6 Å². The van der Waals surface area contributed by atoms with E-state index in [2.05, 4.69) is 17.1 Å². The number of aryl methyl sites for hydroxylation is 2. The molecular formula is C46H56FN9O6. The molecule has 3 aromatic carbocycles. The molecule has 8 rings (SSSR count). The van der Waals surface area contributed by atoms with Crippen molar-refractivity contribution in [3.63, 3.8) is 0 Å². The first-order valence-electron chi connectivity index (χ1n) is 21.5. The van der Waals surface area contributed by atoms with Crippen molar-refractivity contribution in [1.82, 2.24) is 33.5 Å². The minimum atomic E-state index is -1.28. The largest absolute Gasteiger partial charge is 0.477 e. The minimum Gasteiger partial charge on any atom is -0.477 e. The van der Waals surface area contributed by atoms with Gasteiger partial charge in [-0.3, -0.25) is 23.6 Å². The topological polar surface area (TPSA) is 186 Å². The van der Waals surface area contributed by atoms with Gasteiger partial charge < -0.3 is 35.3 Å². The molecule has 328 valence electrons. The number of benzene rings is 3. The maximum Gasteiger partial charge on any atom is 0.341 e. The van der Waals surface area contributed by atoms with Crippen molar-refractivity contribution in [1.29, 1.82) is 0 Å². The fraction of sp³-hybridized carbons (Fsp3) is 0.413. The predicted octanol–water partition coefficient (Wildman–Crippen LogP) is 4.08. The molecule has 0 amide bonds. The number of anilines is 2. The van der Waals surface area contributed by atoms with E-state index in [1.165, 1.54) is 16.8 Å². The van der Waals surface area contributed by atoms with Gasteiger partial charge in [-0.05, 0) is 67.6 Å². The number of carboxylic acid groups (broad SMARTS) is 1. The van der Waals surface area contributed by atoms with Gasteiger partial charge in [-0.1, -0.05) is 56.3 Å². The molecule has 0 spiro atoms. The first-order chi connectivity index (χ1) is 30.0. The first-order valence-corrected chi connectivity index (χ1v) is 21.5. The Labute approximate surface area is 358 Å². The van der Waals surface area contributed by atoms with E-state index < -0.39 is 17.2 Å². The summed E-state index contributed by atoms with van der Waals surface area (Å²) in [5, 5.41) is 22.1. The number of hydrogen-bond acceptors (Lipinski definition) is 10. The highest BCUT2D eigenvalue weighted by Gasteiger charge is 2.28. The number of fused-ring (bicyclic) bond motifs is 2. The molecule has 6 aromatic rings. The predicted molar refractivity (Wildman–Crippen MR) is 240 cm³/mol. The Hall–Kier alpha value is -6.10. The van der Waals surface area contributed by atoms with Gasteiger partial charge >= 0.3 is 11.7 Å². The molecule has 4 heterocycles. The van der Waals surface area contributed by atoms with E-state index in [-0.39, 0.29) is 34.8 Å². The molecule has 0 radical (unpaired) electrons. The van der Waals surface area contributed by atoms with Crippen LogP contribution in [-0.4, -0.2) is 96.8 Å². The summed E-state index contributed by atoms with van der Waals surface area (Å²) < 4.78 is 21.4. The fourth-order valence-corrected chi connectivity index (χ4v) is 8.16. The highest BCUT2D eigenvalue weighted by molar-refractivity contribution is 5.93. The van der Waals surface area contributed by atoms with Crippen molar-refractivity contribution < 1.29 is 19.4 Å².